The lowest BCUT2D eigenvalue weighted by Crippen LogP contribution is -2.21. The zero-order valence-corrected chi connectivity index (χ0v) is 14.6. The van der Waals surface area contributed by atoms with Crippen LogP contribution in [0, 0.1) is 10.1 Å². The number of aromatic hydroxyl groups is 1. The number of benzene rings is 2. The van der Waals surface area contributed by atoms with Gasteiger partial charge in [-0.05, 0) is 47.9 Å². The summed E-state index contributed by atoms with van der Waals surface area (Å²) < 4.78 is 40.3. The molecule has 10 heteroatoms. The van der Waals surface area contributed by atoms with Gasteiger partial charge in [-0.25, -0.2) is 4.98 Å². The van der Waals surface area contributed by atoms with Crippen molar-refractivity contribution in [3.8, 4) is 5.75 Å². The molecule has 2 heterocycles. The monoisotopic (exact) mass is 403 g/mol. The first kappa shape index (κ1) is 18.7. The molecule has 3 aromatic rings. The number of aromatic nitrogens is 2. The minimum absolute atomic E-state index is 0.0689. The van der Waals surface area contributed by atoms with Crippen LogP contribution < -0.4 is 5.56 Å². The summed E-state index contributed by atoms with van der Waals surface area (Å²) >= 11 is 0. The van der Waals surface area contributed by atoms with Crippen molar-refractivity contribution in [3.05, 3.63) is 73.8 Å². The average Bonchev–Trinajstić information content (AvgIpc) is 3.05. The fourth-order valence-electron chi connectivity index (χ4n) is 3.31. The largest absolute Gasteiger partial charge is 0.502 e. The van der Waals surface area contributed by atoms with Crippen LogP contribution in [0.1, 0.15) is 23.4 Å². The highest BCUT2D eigenvalue weighted by Crippen LogP contribution is 2.33. The molecule has 0 fully saturated rings. The summed E-state index contributed by atoms with van der Waals surface area (Å²) in [5.74, 6) is -0.262. The van der Waals surface area contributed by atoms with E-state index >= 15 is 0 Å². The summed E-state index contributed by atoms with van der Waals surface area (Å²) in [4.78, 5) is 27.2. The predicted molar refractivity (Wildman–Crippen MR) is 98.3 cm³/mol. The second-order valence-corrected chi connectivity index (χ2v) is 6.55. The van der Waals surface area contributed by atoms with Crippen molar-refractivity contribution in [2.45, 2.75) is 19.1 Å². The molecule has 7 nitrogen and oxygen atoms in total. The Morgan fingerprint density at radius 3 is 2.66 bits per heavy atom. The van der Waals surface area contributed by atoms with Crippen LogP contribution in [0.15, 0.2) is 41.2 Å². The quantitative estimate of drug-likeness (QED) is 0.516. The second-order valence-electron chi connectivity index (χ2n) is 6.55. The molecule has 0 radical (unpaired) electrons. The van der Waals surface area contributed by atoms with Crippen LogP contribution in [0.5, 0.6) is 5.75 Å². The SMILES string of the molecule is O=c1c2ccc(C(F)(F)F)cc2nc2n1CC/C2=C/c1ccc(O)c([N+](=O)[O-])c1. The number of halogens is 3. The molecular formula is C19H12F3N3O4. The van der Waals surface area contributed by atoms with E-state index in [0.717, 1.165) is 18.2 Å². The number of allylic oxidation sites excluding steroid dienone is 1. The van der Waals surface area contributed by atoms with Gasteiger partial charge in [0.05, 0.1) is 21.4 Å². The molecule has 148 valence electrons. The van der Waals surface area contributed by atoms with Gasteiger partial charge < -0.3 is 5.11 Å². The highest BCUT2D eigenvalue weighted by molar-refractivity contribution is 5.85. The molecule has 29 heavy (non-hydrogen) atoms. The van der Waals surface area contributed by atoms with Crippen molar-refractivity contribution in [2.24, 2.45) is 0 Å². The van der Waals surface area contributed by atoms with Gasteiger partial charge in [0.2, 0.25) is 0 Å². The van der Waals surface area contributed by atoms with Crippen molar-refractivity contribution in [1.29, 1.82) is 0 Å². The van der Waals surface area contributed by atoms with Crippen LogP contribution in [-0.4, -0.2) is 19.6 Å². The van der Waals surface area contributed by atoms with Gasteiger partial charge >= 0.3 is 11.9 Å². The fourth-order valence-corrected chi connectivity index (χ4v) is 3.31. The molecule has 0 saturated heterocycles. The summed E-state index contributed by atoms with van der Waals surface area (Å²) in [5.41, 5.74) is -0.937. The van der Waals surface area contributed by atoms with E-state index in [1.54, 1.807) is 6.08 Å². The smallest absolute Gasteiger partial charge is 0.416 e. The number of nitrogens with zero attached hydrogens (tertiary/aromatic N) is 3. The number of hydrogen-bond acceptors (Lipinski definition) is 5. The van der Waals surface area contributed by atoms with Gasteiger partial charge in [-0.15, -0.1) is 0 Å². The van der Waals surface area contributed by atoms with Gasteiger partial charge in [-0.1, -0.05) is 6.07 Å². The molecule has 1 aliphatic heterocycles. The lowest BCUT2D eigenvalue weighted by molar-refractivity contribution is -0.385. The van der Waals surface area contributed by atoms with Crippen molar-refractivity contribution in [1.82, 2.24) is 9.55 Å². The van der Waals surface area contributed by atoms with Gasteiger partial charge in [0.25, 0.3) is 5.56 Å². The Bertz CT molecular complexity index is 1260. The van der Waals surface area contributed by atoms with Crippen LogP contribution in [0.4, 0.5) is 18.9 Å². The molecule has 0 bridgehead atoms. The Hall–Kier alpha value is -3.69. The Kier molecular flexibility index (Phi) is 4.14. The van der Waals surface area contributed by atoms with E-state index in [1.807, 2.05) is 0 Å². The van der Waals surface area contributed by atoms with E-state index in [2.05, 4.69) is 4.98 Å². The molecule has 0 atom stereocenters. The number of nitro groups is 1. The fraction of sp³-hybridized carbons (Fsp3) is 0.158. The topological polar surface area (TPSA) is 98.3 Å². The maximum atomic E-state index is 13.0. The molecule has 0 aliphatic carbocycles. The first-order chi connectivity index (χ1) is 13.6. The van der Waals surface area contributed by atoms with E-state index in [4.69, 9.17) is 0 Å². The van der Waals surface area contributed by atoms with Crippen molar-refractivity contribution in [3.63, 3.8) is 0 Å². The minimum atomic E-state index is -4.56. The molecule has 1 N–H and O–H groups in total. The maximum Gasteiger partial charge on any atom is 0.416 e. The van der Waals surface area contributed by atoms with E-state index in [0.29, 0.717) is 24.1 Å². The van der Waals surface area contributed by atoms with E-state index < -0.39 is 33.7 Å². The van der Waals surface area contributed by atoms with E-state index in [1.165, 1.54) is 22.8 Å². The lowest BCUT2D eigenvalue weighted by Gasteiger charge is -2.09. The molecule has 4 rings (SSSR count). The Labute approximate surface area is 160 Å². The van der Waals surface area contributed by atoms with Crippen LogP contribution in [-0.2, 0) is 12.7 Å². The molecule has 0 saturated carbocycles. The lowest BCUT2D eigenvalue weighted by atomic mass is 10.1. The van der Waals surface area contributed by atoms with Gasteiger partial charge in [-0.3, -0.25) is 19.5 Å². The first-order valence-corrected chi connectivity index (χ1v) is 8.45. The highest BCUT2D eigenvalue weighted by atomic mass is 19.4. The third kappa shape index (κ3) is 3.22. The summed E-state index contributed by atoms with van der Waals surface area (Å²) in [6.07, 6.45) is -2.61. The number of fused-ring (bicyclic) bond motifs is 2. The molecule has 0 unspecified atom stereocenters. The number of phenols is 1. The average molecular weight is 403 g/mol. The zero-order chi connectivity index (χ0) is 20.9. The number of alkyl halides is 3. The molecule has 2 aromatic carbocycles. The van der Waals surface area contributed by atoms with Gasteiger partial charge in [0.15, 0.2) is 5.75 Å². The first-order valence-electron chi connectivity index (χ1n) is 8.45. The molecule has 0 amide bonds. The van der Waals surface area contributed by atoms with Crippen LogP contribution in [0.25, 0.3) is 22.6 Å². The van der Waals surface area contributed by atoms with Crippen molar-refractivity contribution >= 4 is 28.2 Å². The number of hydrogen-bond donors (Lipinski definition) is 1. The summed E-state index contributed by atoms with van der Waals surface area (Å²) in [5, 5.41) is 20.6. The second kappa shape index (κ2) is 6.43. The summed E-state index contributed by atoms with van der Waals surface area (Å²) in [6.45, 7) is 0.296. The number of phenolic OH excluding ortho intramolecular Hbond substituents is 1. The van der Waals surface area contributed by atoms with Crippen LogP contribution in [0.3, 0.4) is 0 Å². The zero-order valence-electron chi connectivity index (χ0n) is 14.6. The molecule has 1 aliphatic rings. The standard InChI is InChI=1S/C19H12F3N3O4/c20-19(21,22)12-2-3-13-14(9-12)23-17-11(5-6-24(17)18(13)27)7-10-1-4-16(26)15(8-10)25(28)29/h1-4,7-9,26H,5-6H2/b11-7-. The molecular weight excluding hydrogens is 391 g/mol. The minimum Gasteiger partial charge on any atom is -0.502 e. The van der Waals surface area contributed by atoms with Gasteiger partial charge in [-0.2, -0.15) is 13.2 Å². The number of rotatable bonds is 2. The normalized spacial score (nSPS) is 15.1. The highest BCUT2D eigenvalue weighted by Gasteiger charge is 2.31. The van der Waals surface area contributed by atoms with Crippen LogP contribution >= 0.6 is 0 Å². The summed E-state index contributed by atoms with van der Waals surface area (Å²) in [6, 6.07) is 6.60. The van der Waals surface area contributed by atoms with E-state index in [-0.39, 0.29) is 16.7 Å². The predicted octanol–water partition coefficient (Wildman–Crippen LogP) is 3.97. The Balaban J connectivity index is 1.86. The van der Waals surface area contributed by atoms with Gasteiger partial charge in [0, 0.05) is 12.6 Å². The van der Waals surface area contributed by atoms with Crippen molar-refractivity contribution < 1.29 is 23.2 Å². The van der Waals surface area contributed by atoms with Gasteiger partial charge in [0.1, 0.15) is 5.82 Å². The third-order valence-corrected chi connectivity index (χ3v) is 4.71. The third-order valence-electron chi connectivity index (χ3n) is 4.71. The molecule has 0 spiro atoms. The Morgan fingerprint density at radius 2 is 1.97 bits per heavy atom. The maximum absolute atomic E-state index is 13.0. The van der Waals surface area contributed by atoms with Crippen molar-refractivity contribution in [2.75, 3.05) is 0 Å². The summed E-state index contributed by atoms with van der Waals surface area (Å²) in [7, 11) is 0. The Morgan fingerprint density at radius 1 is 1.21 bits per heavy atom. The van der Waals surface area contributed by atoms with Crippen LogP contribution in [0.2, 0.25) is 0 Å². The number of nitro benzene ring substituents is 1. The molecule has 1 aromatic heterocycles. The van der Waals surface area contributed by atoms with E-state index in [9.17, 15) is 33.2 Å².